The van der Waals surface area contributed by atoms with Crippen molar-refractivity contribution in [3.05, 3.63) is 66.9 Å². The van der Waals surface area contributed by atoms with Gasteiger partial charge >= 0.3 is 0 Å². The van der Waals surface area contributed by atoms with Crippen LogP contribution in [0.1, 0.15) is 15.9 Å². The maximum Gasteiger partial charge on any atom is 0.244 e. The van der Waals surface area contributed by atoms with Crippen LogP contribution < -0.4 is 9.47 Å². The maximum absolute atomic E-state index is 11.9. The first-order chi connectivity index (χ1) is 10.7. The predicted octanol–water partition coefficient (Wildman–Crippen LogP) is 2.87. The van der Waals surface area contributed by atoms with Crippen LogP contribution in [0, 0.1) is 0 Å². The summed E-state index contributed by atoms with van der Waals surface area (Å²) in [6.07, 6.45) is 4.51. The minimum Gasteiger partial charge on any atom is -0.497 e. The zero-order valence-electron chi connectivity index (χ0n) is 12.5. The lowest BCUT2D eigenvalue weighted by Crippen LogP contribution is -2.01. The Morgan fingerprint density at radius 2 is 2.05 bits per heavy atom. The molecule has 0 aliphatic carbocycles. The van der Waals surface area contributed by atoms with Crippen LogP contribution in [0.15, 0.2) is 55.8 Å². The van der Waals surface area contributed by atoms with Crippen molar-refractivity contribution in [3.8, 4) is 11.6 Å². The molecule has 0 aliphatic heterocycles. The first-order valence-electron chi connectivity index (χ1n) is 6.78. The van der Waals surface area contributed by atoms with E-state index in [-0.39, 0.29) is 12.4 Å². The van der Waals surface area contributed by atoms with Crippen LogP contribution in [0.4, 0.5) is 0 Å². The molecule has 5 heteroatoms. The number of rotatable bonds is 8. The molecule has 1 heterocycles. The van der Waals surface area contributed by atoms with Gasteiger partial charge < -0.3 is 9.47 Å². The topological polar surface area (TPSA) is 53.4 Å². The summed E-state index contributed by atoms with van der Waals surface area (Å²) < 4.78 is 12.2. The molecule has 0 spiro atoms. The van der Waals surface area contributed by atoms with E-state index in [0.29, 0.717) is 18.0 Å². The average Bonchev–Trinajstić information content (AvgIpc) is 2.95. The minimum atomic E-state index is -0.222. The number of benzene rings is 1. The number of nitrogens with zero attached hydrogens (tertiary/aromatic N) is 2. The number of ether oxygens (including phenoxy) is 2. The van der Waals surface area contributed by atoms with Crippen molar-refractivity contribution < 1.29 is 14.3 Å². The standard InChI is InChI=1S/C17H18N2O3/c1-4-10-22-17-15(16(20)5-2)12-19(18-17)11-13-6-8-14(21-3)9-7-13/h4-9,12H,1-2,10-11H2,3H3. The summed E-state index contributed by atoms with van der Waals surface area (Å²) in [6, 6.07) is 7.65. The third-order valence-electron chi connectivity index (χ3n) is 3.02. The molecule has 0 bridgehead atoms. The Morgan fingerprint density at radius 3 is 2.64 bits per heavy atom. The Bertz CT molecular complexity index is 672. The summed E-state index contributed by atoms with van der Waals surface area (Å²) >= 11 is 0. The molecule has 0 saturated carbocycles. The molecule has 0 fully saturated rings. The second-order valence-electron chi connectivity index (χ2n) is 4.56. The lowest BCUT2D eigenvalue weighted by atomic mass is 10.2. The number of hydrogen-bond donors (Lipinski definition) is 0. The summed E-state index contributed by atoms with van der Waals surface area (Å²) in [4.78, 5) is 11.9. The van der Waals surface area contributed by atoms with Crippen LogP contribution in [0.25, 0.3) is 0 Å². The van der Waals surface area contributed by atoms with E-state index >= 15 is 0 Å². The molecule has 22 heavy (non-hydrogen) atoms. The number of hydrogen-bond acceptors (Lipinski definition) is 4. The summed E-state index contributed by atoms with van der Waals surface area (Å²) in [5.41, 5.74) is 1.43. The van der Waals surface area contributed by atoms with Gasteiger partial charge in [0.25, 0.3) is 0 Å². The van der Waals surface area contributed by atoms with Crippen LogP contribution in [0.3, 0.4) is 0 Å². The fraction of sp³-hybridized carbons (Fsp3) is 0.176. The van der Waals surface area contributed by atoms with E-state index in [1.54, 1.807) is 24.1 Å². The highest BCUT2D eigenvalue weighted by atomic mass is 16.5. The smallest absolute Gasteiger partial charge is 0.244 e. The summed E-state index contributed by atoms with van der Waals surface area (Å²) in [5.74, 6) is 0.861. The number of methoxy groups -OCH3 is 1. The Kier molecular flexibility index (Phi) is 5.14. The lowest BCUT2D eigenvalue weighted by molar-refractivity contribution is 0.104. The molecule has 0 atom stereocenters. The van der Waals surface area contributed by atoms with Crippen molar-refractivity contribution in [2.45, 2.75) is 6.54 Å². The number of ketones is 1. The summed E-state index contributed by atoms with van der Waals surface area (Å²) in [7, 11) is 1.62. The van der Waals surface area contributed by atoms with Gasteiger partial charge in [-0.25, -0.2) is 0 Å². The zero-order chi connectivity index (χ0) is 15.9. The molecule has 0 amide bonds. The second-order valence-corrected chi connectivity index (χ2v) is 4.56. The van der Waals surface area contributed by atoms with Gasteiger partial charge in [0.2, 0.25) is 5.88 Å². The predicted molar refractivity (Wildman–Crippen MR) is 84.5 cm³/mol. The largest absolute Gasteiger partial charge is 0.497 e. The van der Waals surface area contributed by atoms with E-state index in [1.165, 1.54) is 6.08 Å². The van der Waals surface area contributed by atoms with Crippen molar-refractivity contribution in [2.24, 2.45) is 0 Å². The SMILES string of the molecule is C=CCOc1nn(Cc2ccc(OC)cc2)cc1C(=O)C=C. The minimum absolute atomic E-state index is 0.222. The van der Waals surface area contributed by atoms with E-state index in [4.69, 9.17) is 9.47 Å². The van der Waals surface area contributed by atoms with Crippen molar-refractivity contribution in [1.29, 1.82) is 0 Å². The van der Waals surface area contributed by atoms with Gasteiger partial charge in [-0.05, 0) is 23.8 Å². The molecule has 0 saturated heterocycles. The van der Waals surface area contributed by atoms with Gasteiger partial charge in [0.1, 0.15) is 17.9 Å². The third-order valence-corrected chi connectivity index (χ3v) is 3.02. The van der Waals surface area contributed by atoms with Gasteiger partial charge in [0.05, 0.1) is 13.7 Å². The van der Waals surface area contributed by atoms with Gasteiger partial charge in [-0.2, -0.15) is 0 Å². The van der Waals surface area contributed by atoms with E-state index in [9.17, 15) is 4.79 Å². The van der Waals surface area contributed by atoms with E-state index in [0.717, 1.165) is 11.3 Å². The van der Waals surface area contributed by atoms with E-state index < -0.39 is 0 Å². The highest BCUT2D eigenvalue weighted by Gasteiger charge is 2.15. The fourth-order valence-electron chi connectivity index (χ4n) is 1.93. The van der Waals surface area contributed by atoms with E-state index in [1.807, 2.05) is 24.3 Å². The quantitative estimate of drug-likeness (QED) is 0.427. The first-order valence-corrected chi connectivity index (χ1v) is 6.78. The fourth-order valence-corrected chi connectivity index (χ4v) is 1.93. The number of allylic oxidation sites excluding steroid dienone is 1. The lowest BCUT2D eigenvalue weighted by Gasteiger charge is -2.03. The van der Waals surface area contributed by atoms with Gasteiger partial charge in [-0.1, -0.05) is 31.4 Å². The van der Waals surface area contributed by atoms with Crippen LogP contribution in [-0.4, -0.2) is 29.3 Å². The third kappa shape index (κ3) is 3.63. The van der Waals surface area contributed by atoms with Gasteiger partial charge in [0.15, 0.2) is 5.78 Å². The molecule has 2 aromatic rings. The average molecular weight is 298 g/mol. The molecule has 2 rings (SSSR count). The molecule has 114 valence electrons. The van der Waals surface area contributed by atoms with Crippen molar-refractivity contribution in [2.75, 3.05) is 13.7 Å². The normalized spacial score (nSPS) is 10.0. The van der Waals surface area contributed by atoms with Crippen LogP contribution in [-0.2, 0) is 6.54 Å². The van der Waals surface area contributed by atoms with Crippen LogP contribution >= 0.6 is 0 Å². The zero-order valence-corrected chi connectivity index (χ0v) is 12.5. The molecule has 1 aromatic heterocycles. The molecule has 1 aromatic carbocycles. The summed E-state index contributed by atoms with van der Waals surface area (Å²) in [5, 5.41) is 4.30. The van der Waals surface area contributed by atoms with Gasteiger partial charge in [-0.3, -0.25) is 9.48 Å². The molecule has 5 nitrogen and oxygen atoms in total. The molecule has 0 radical (unpaired) electrons. The van der Waals surface area contributed by atoms with Gasteiger partial charge in [-0.15, -0.1) is 5.10 Å². The van der Waals surface area contributed by atoms with E-state index in [2.05, 4.69) is 18.3 Å². The maximum atomic E-state index is 11.9. The molecule has 0 N–H and O–H groups in total. The number of aromatic nitrogens is 2. The molecule has 0 unspecified atom stereocenters. The van der Waals surface area contributed by atoms with Gasteiger partial charge in [0, 0.05) is 6.20 Å². The Balaban J connectivity index is 2.22. The molecular formula is C17H18N2O3. The Labute approximate surface area is 129 Å². The number of carbonyl (C=O) groups is 1. The highest BCUT2D eigenvalue weighted by molar-refractivity contribution is 6.05. The van der Waals surface area contributed by atoms with Crippen LogP contribution in [0.2, 0.25) is 0 Å². The van der Waals surface area contributed by atoms with Crippen molar-refractivity contribution >= 4 is 5.78 Å². The second kappa shape index (κ2) is 7.26. The Hall–Kier alpha value is -2.82. The van der Waals surface area contributed by atoms with Crippen molar-refractivity contribution in [1.82, 2.24) is 9.78 Å². The monoisotopic (exact) mass is 298 g/mol. The Morgan fingerprint density at radius 1 is 1.32 bits per heavy atom. The highest BCUT2D eigenvalue weighted by Crippen LogP contribution is 2.19. The molecule has 0 aliphatic rings. The first kappa shape index (κ1) is 15.6. The van der Waals surface area contributed by atoms with Crippen molar-refractivity contribution in [3.63, 3.8) is 0 Å². The summed E-state index contributed by atoms with van der Waals surface area (Å²) in [6.45, 7) is 7.89. The molecular weight excluding hydrogens is 280 g/mol. The van der Waals surface area contributed by atoms with Crippen LogP contribution in [0.5, 0.6) is 11.6 Å². The number of carbonyl (C=O) groups excluding carboxylic acids is 1.